The number of amides is 1. The van der Waals surface area contributed by atoms with E-state index in [0.717, 1.165) is 0 Å². The molecule has 0 aliphatic heterocycles. The molecule has 0 spiro atoms. The van der Waals surface area contributed by atoms with Crippen molar-refractivity contribution in [2.24, 2.45) is 5.92 Å². The van der Waals surface area contributed by atoms with Crippen LogP contribution in [0.5, 0.6) is 17.2 Å². The van der Waals surface area contributed by atoms with Crippen molar-refractivity contribution >= 4 is 11.9 Å². The van der Waals surface area contributed by atoms with Gasteiger partial charge in [0.2, 0.25) is 5.75 Å². The SMILES string of the molecule is COc1cc(C(=O)NC(C)C(C)C(=O)O)cc(OC)c1OC. The highest BCUT2D eigenvalue weighted by molar-refractivity contribution is 5.96. The number of carbonyl (C=O) groups is 2. The van der Waals surface area contributed by atoms with Gasteiger partial charge in [0.15, 0.2) is 11.5 Å². The molecule has 0 radical (unpaired) electrons. The fourth-order valence-electron chi connectivity index (χ4n) is 1.84. The summed E-state index contributed by atoms with van der Waals surface area (Å²) < 4.78 is 15.5. The zero-order chi connectivity index (χ0) is 16.9. The standard InChI is InChI=1S/C15H21NO6/c1-8(15(18)19)9(2)16-14(17)10-6-11(20-3)13(22-5)12(7-10)21-4/h6-9H,1-5H3,(H,16,17)(H,18,19). The Balaban J connectivity index is 3.06. The number of carboxylic acid groups (broad SMARTS) is 1. The monoisotopic (exact) mass is 311 g/mol. The molecule has 7 heteroatoms. The third-order valence-electron chi connectivity index (χ3n) is 3.43. The van der Waals surface area contributed by atoms with E-state index in [0.29, 0.717) is 22.8 Å². The Labute approximate surface area is 129 Å². The van der Waals surface area contributed by atoms with Crippen LogP contribution in [0.3, 0.4) is 0 Å². The molecule has 0 aliphatic rings. The first kappa shape index (κ1) is 17.6. The van der Waals surface area contributed by atoms with E-state index in [1.54, 1.807) is 6.92 Å². The van der Waals surface area contributed by atoms with Gasteiger partial charge in [-0.3, -0.25) is 9.59 Å². The first-order chi connectivity index (χ1) is 10.3. The smallest absolute Gasteiger partial charge is 0.308 e. The van der Waals surface area contributed by atoms with Crippen molar-refractivity contribution in [1.29, 1.82) is 0 Å². The molecule has 22 heavy (non-hydrogen) atoms. The van der Waals surface area contributed by atoms with Gasteiger partial charge in [0.25, 0.3) is 5.91 Å². The minimum atomic E-state index is -0.974. The fraction of sp³-hybridized carbons (Fsp3) is 0.467. The lowest BCUT2D eigenvalue weighted by atomic mass is 10.0. The molecule has 0 heterocycles. The highest BCUT2D eigenvalue weighted by Gasteiger charge is 2.23. The second kappa shape index (κ2) is 7.53. The van der Waals surface area contributed by atoms with Crippen molar-refractivity contribution in [1.82, 2.24) is 5.32 Å². The van der Waals surface area contributed by atoms with Gasteiger partial charge in [-0.1, -0.05) is 0 Å². The predicted molar refractivity (Wildman–Crippen MR) is 79.8 cm³/mol. The van der Waals surface area contributed by atoms with E-state index < -0.39 is 23.8 Å². The van der Waals surface area contributed by atoms with E-state index in [4.69, 9.17) is 19.3 Å². The van der Waals surface area contributed by atoms with Crippen molar-refractivity contribution in [2.75, 3.05) is 21.3 Å². The van der Waals surface area contributed by atoms with Crippen molar-refractivity contribution in [3.05, 3.63) is 17.7 Å². The van der Waals surface area contributed by atoms with E-state index in [1.807, 2.05) is 0 Å². The number of aliphatic carboxylic acids is 1. The number of carboxylic acids is 1. The zero-order valence-electron chi connectivity index (χ0n) is 13.3. The van der Waals surface area contributed by atoms with Gasteiger partial charge < -0.3 is 24.6 Å². The van der Waals surface area contributed by atoms with Gasteiger partial charge >= 0.3 is 5.97 Å². The highest BCUT2D eigenvalue weighted by atomic mass is 16.5. The fourth-order valence-corrected chi connectivity index (χ4v) is 1.84. The average molecular weight is 311 g/mol. The number of rotatable bonds is 7. The number of benzene rings is 1. The summed E-state index contributed by atoms with van der Waals surface area (Å²) in [5.41, 5.74) is 0.291. The zero-order valence-corrected chi connectivity index (χ0v) is 13.3. The molecular formula is C15H21NO6. The van der Waals surface area contributed by atoms with E-state index in [-0.39, 0.29) is 0 Å². The molecule has 1 rings (SSSR count). The minimum Gasteiger partial charge on any atom is -0.493 e. The van der Waals surface area contributed by atoms with Crippen LogP contribution in [-0.2, 0) is 4.79 Å². The minimum absolute atomic E-state index is 0.291. The summed E-state index contributed by atoms with van der Waals surface area (Å²) in [5.74, 6) is -1.01. The lowest BCUT2D eigenvalue weighted by Crippen LogP contribution is -2.40. The summed E-state index contributed by atoms with van der Waals surface area (Å²) in [5, 5.41) is 11.6. The molecule has 0 saturated heterocycles. The van der Waals surface area contributed by atoms with Crippen LogP contribution in [0.4, 0.5) is 0 Å². The molecule has 0 bridgehead atoms. The maximum atomic E-state index is 12.3. The summed E-state index contributed by atoms with van der Waals surface area (Å²) in [7, 11) is 4.37. The summed E-state index contributed by atoms with van der Waals surface area (Å²) in [6.45, 7) is 3.16. The van der Waals surface area contributed by atoms with Gasteiger partial charge in [0, 0.05) is 11.6 Å². The largest absolute Gasteiger partial charge is 0.493 e. The molecule has 1 aromatic rings. The molecular weight excluding hydrogens is 290 g/mol. The van der Waals surface area contributed by atoms with Crippen LogP contribution >= 0.6 is 0 Å². The van der Waals surface area contributed by atoms with Crippen LogP contribution in [-0.4, -0.2) is 44.4 Å². The van der Waals surface area contributed by atoms with Gasteiger partial charge in [0.05, 0.1) is 27.2 Å². The number of nitrogens with one attached hydrogen (secondary N) is 1. The Kier molecular flexibility index (Phi) is 6.03. The van der Waals surface area contributed by atoms with Crippen LogP contribution in [0.1, 0.15) is 24.2 Å². The molecule has 2 unspecified atom stereocenters. The molecule has 2 atom stereocenters. The molecule has 0 aromatic heterocycles. The molecule has 1 amide bonds. The maximum absolute atomic E-state index is 12.3. The number of methoxy groups -OCH3 is 3. The topological polar surface area (TPSA) is 94.1 Å². The second-order valence-corrected chi connectivity index (χ2v) is 4.80. The van der Waals surface area contributed by atoms with Gasteiger partial charge in [-0.2, -0.15) is 0 Å². The van der Waals surface area contributed by atoms with E-state index in [2.05, 4.69) is 5.32 Å². The molecule has 0 saturated carbocycles. The van der Waals surface area contributed by atoms with Gasteiger partial charge in [-0.05, 0) is 26.0 Å². The van der Waals surface area contributed by atoms with Crippen molar-refractivity contribution in [3.8, 4) is 17.2 Å². The van der Waals surface area contributed by atoms with Crippen molar-refractivity contribution in [2.45, 2.75) is 19.9 Å². The molecule has 7 nitrogen and oxygen atoms in total. The Bertz CT molecular complexity index is 532. The quantitative estimate of drug-likeness (QED) is 0.793. The van der Waals surface area contributed by atoms with Crippen LogP contribution < -0.4 is 19.5 Å². The number of ether oxygens (including phenoxy) is 3. The van der Waals surface area contributed by atoms with Crippen molar-refractivity contribution < 1.29 is 28.9 Å². The van der Waals surface area contributed by atoms with Gasteiger partial charge in [-0.25, -0.2) is 0 Å². The molecule has 0 aliphatic carbocycles. The first-order valence-corrected chi connectivity index (χ1v) is 6.69. The third kappa shape index (κ3) is 3.81. The molecule has 0 fully saturated rings. The highest BCUT2D eigenvalue weighted by Crippen LogP contribution is 2.38. The van der Waals surface area contributed by atoms with Crippen LogP contribution in [0.15, 0.2) is 12.1 Å². The third-order valence-corrected chi connectivity index (χ3v) is 3.43. The maximum Gasteiger partial charge on any atom is 0.308 e. The van der Waals surface area contributed by atoms with E-state index in [9.17, 15) is 9.59 Å². The van der Waals surface area contributed by atoms with Crippen LogP contribution in [0.25, 0.3) is 0 Å². The first-order valence-electron chi connectivity index (χ1n) is 6.69. The average Bonchev–Trinajstić information content (AvgIpc) is 2.51. The normalized spacial score (nSPS) is 13.0. The number of hydrogen-bond acceptors (Lipinski definition) is 5. The lowest BCUT2D eigenvalue weighted by Gasteiger charge is -2.19. The second-order valence-electron chi connectivity index (χ2n) is 4.80. The Hall–Kier alpha value is -2.44. The predicted octanol–water partition coefficient (Wildman–Crippen LogP) is 1.55. The van der Waals surface area contributed by atoms with Crippen LogP contribution in [0, 0.1) is 5.92 Å². The Morgan fingerprint density at radius 3 is 1.91 bits per heavy atom. The summed E-state index contributed by atoms with van der Waals surface area (Å²) >= 11 is 0. The molecule has 1 aromatic carbocycles. The van der Waals surface area contributed by atoms with Gasteiger partial charge in [0.1, 0.15) is 0 Å². The summed E-state index contributed by atoms with van der Waals surface area (Å²) in [6.07, 6.45) is 0. The van der Waals surface area contributed by atoms with Crippen molar-refractivity contribution in [3.63, 3.8) is 0 Å². The summed E-state index contributed by atoms with van der Waals surface area (Å²) in [4.78, 5) is 23.2. The Morgan fingerprint density at radius 2 is 1.55 bits per heavy atom. The summed E-state index contributed by atoms with van der Waals surface area (Å²) in [6, 6.07) is 2.49. The number of hydrogen-bond donors (Lipinski definition) is 2. The molecule has 122 valence electrons. The molecule has 2 N–H and O–H groups in total. The Morgan fingerprint density at radius 1 is 1.05 bits per heavy atom. The van der Waals surface area contributed by atoms with Crippen LogP contribution in [0.2, 0.25) is 0 Å². The van der Waals surface area contributed by atoms with Gasteiger partial charge in [-0.15, -0.1) is 0 Å². The van der Waals surface area contributed by atoms with E-state index in [1.165, 1.54) is 40.4 Å². The van der Waals surface area contributed by atoms with E-state index >= 15 is 0 Å². The lowest BCUT2D eigenvalue weighted by molar-refractivity contribution is -0.141. The number of carbonyl (C=O) groups excluding carboxylic acids is 1.